The Hall–Kier alpha value is -1.14. The molecule has 1 aromatic heterocycles. The second kappa shape index (κ2) is 9.53. The first kappa shape index (κ1) is 20.2. The van der Waals surface area contributed by atoms with Crippen LogP contribution in [0.1, 0.15) is 64.6 Å². The normalized spacial score (nSPS) is 17.7. The number of guanidine groups is 1. The Balaban J connectivity index is 1.89. The predicted molar refractivity (Wildman–Crippen MR) is 109 cm³/mol. The molecule has 25 heavy (non-hydrogen) atoms. The van der Waals surface area contributed by atoms with Crippen LogP contribution >= 0.6 is 11.3 Å². The number of nitrogens with zero attached hydrogens (tertiary/aromatic N) is 3. The highest BCUT2D eigenvalue weighted by molar-refractivity contribution is 7.09. The van der Waals surface area contributed by atoms with Crippen LogP contribution in [-0.2, 0) is 12.0 Å². The molecule has 1 saturated heterocycles. The van der Waals surface area contributed by atoms with Crippen LogP contribution in [0.25, 0.3) is 0 Å². The number of aromatic nitrogens is 1. The van der Waals surface area contributed by atoms with Crippen molar-refractivity contribution in [2.24, 2.45) is 4.99 Å². The maximum atomic E-state index is 4.76. The van der Waals surface area contributed by atoms with Crippen molar-refractivity contribution in [3.8, 4) is 0 Å². The first-order chi connectivity index (χ1) is 11.9. The van der Waals surface area contributed by atoms with Gasteiger partial charge in [-0.15, -0.1) is 11.3 Å². The standard InChI is InChI=1S/C19H35N5S/c1-6-10-24-11-8-15(9-12-24)22-18(20-7-2)21-13-17-23-16(14-25-17)19(3,4)5/h14-15H,6-13H2,1-5H3,(H2,20,21,22). The average molecular weight is 366 g/mol. The number of thiazole rings is 1. The summed E-state index contributed by atoms with van der Waals surface area (Å²) in [6, 6.07) is 0.521. The molecule has 0 unspecified atom stereocenters. The molecule has 2 rings (SSSR count). The second-order valence-corrected chi connectivity index (χ2v) is 8.77. The largest absolute Gasteiger partial charge is 0.357 e. The summed E-state index contributed by atoms with van der Waals surface area (Å²) in [5, 5.41) is 10.2. The van der Waals surface area contributed by atoms with Gasteiger partial charge in [-0.25, -0.2) is 9.98 Å². The van der Waals surface area contributed by atoms with E-state index in [-0.39, 0.29) is 5.41 Å². The molecule has 2 heterocycles. The summed E-state index contributed by atoms with van der Waals surface area (Å²) in [5.41, 5.74) is 1.26. The Labute approximate surface area is 157 Å². The van der Waals surface area contributed by atoms with E-state index in [9.17, 15) is 0 Å². The number of piperidine rings is 1. The lowest BCUT2D eigenvalue weighted by atomic mass is 9.93. The lowest BCUT2D eigenvalue weighted by molar-refractivity contribution is 0.206. The molecule has 2 N–H and O–H groups in total. The van der Waals surface area contributed by atoms with Gasteiger partial charge < -0.3 is 15.5 Å². The van der Waals surface area contributed by atoms with Gasteiger partial charge in [0.25, 0.3) is 0 Å². The summed E-state index contributed by atoms with van der Waals surface area (Å²) in [6.07, 6.45) is 3.62. The maximum absolute atomic E-state index is 4.76. The summed E-state index contributed by atoms with van der Waals surface area (Å²) in [7, 11) is 0. The predicted octanol–water partition coefficient (Wildman–Crippen LogP) is 3.37. The topological polar surface area (TPSA) is 52.5 Å². The van der Waals surface area contributed by atoms with Crippen LogP contribution in [0, 0.1) is 0 Å². The molecule has 0 saturated carbocycles. The van der Waals surface area contributed by atoms with E-state index in [0.717, 1.165) is 23.2 Å². The molecule has 0 atom stereocenters. The van der Waals surface area contributed by atoms with Crippen molar-refractivity contribution >= 4 is 17.3 Å². The minimum Gasteiger partial charge on any atom is -0.357 e. The van der Waals surface area contributed by atoms with Gasteiger partial charge in [0.05, 0.1) is 12.2 Å². The molecule has 1 fully saturated rings. The van der Waals surface area contributed by atoms with Crippen molar-refractivity contribution < 1.29 is 0 Å². The zero-order chi connectivity index (χ0) is 18.3. The maximum Gasteiger partial charge on any atom is 0.191 e. The van der Waals surface area contributed by atoms with Crippen LogP contribution in [-0.4, -0.2) is 48.1 Å². The summed E-state index contributed by atoms with van der Waals surface area (Å²) >= 11 is 1.71. The Bertz CT molecular complexity index is 538. The molecule has 0 bridgehead atoms. The fourth-order valence-electron chi connectivity index (χ4n) is 3.01. The second-order valence-electron chi connectivity index (χ2n) is 7.83. The fourth-order valence-corrected chi connectivity index (χ4v) is 3.95. The fraction of sp³-hybridized carbons (Fsp3) is 0.789. The third-order valence-corrected chi connectivity index (χ3v) is 5.34. The quantitative estimate of drug-likeness (QED) is 0.599. The van der Waals surface area contributed by atoms with Crippen molar-refractivity contribution in [2.75, 3.05) is 26.2 Å². The smallest absolute Gasteiger partial charge is 0.191 e. The van der Waals surface area contributed by atoms with Gasteiger partial charge in [0.1, 0.15) is 5.01 Å². The van der Waals surface area contributed by atoms with E-state index in [1.165, 1.54) is 38.9 Å². The number of nitrogens with one attached hydrogen (secondary N) is 2. The zero-order valence-corrected chi connectivity index (χ0v) is 17.4. The lowest BCUT2D eigenvalue weighted by Gasteiger charge is -2.32. The summed E-state index contributed by atoms with van der Waals surface area (Å²) in [5.74, 6) is 0.920. The Morgan fingerprint density at radius 2 is 2.04 bits per heavy atom. The third-order valence-electron chi connectivity index (χ3n) is 4.51. The Morgan fingerprint density at radius 1 is 1.32 bits per heavy atom. The Kier molecular flexibility index (Phi) is 7.69. The van der Waals surface area contributed by atoms with Gasteiger partial charge in [-0.3, -0.25) is 0 Å². The number of hydrogen-bond acceptors (Lipinski definition) is 4. The van der Waals surface area contributed by atoms with Crippen LogP contribution in [0.2, 0.25) is 0 Å². The minimum absolute atomic E-state index is 0.105. The molecule has 0 radical (unpaired) electrons. The van der Waals surface area contributed by atoms with E-state index in [1.807, 2.05) is 0 Å². The molecule has 0 spiro atoms. The highest BCUT2D eigenvalue weighted by atomic mass is 32.1. The van der Waals surface area contributed by atoms with Crippen molar-refractivity contribution in [3.63, 3.8) is 0 Å². The van der Waals surface area contributed by atoms with E-state index in [0.29, 0.717) is 12.6 Å². The monoisotopic (exact) mass is 365 g/mol. The molecule has 0 aromatic carbocycles. The molecule has 6 heteroatoms. The number of aliphatic imine (C=N–C) groups is 1. The molecular formula is C19H35N5S. The number of hydrogen-bond donors (Lipinski definition) is 2. The molecule has 0 amide bonds. The van der Waals surface area contributed by atoms with Crippen LogP contribution < -0.4 is 10.6 Å². The lowest BCUT2D eigenvalue weighted by Crippen LogP contribution is -2.48. The van der Waals surface area contributed by atoms with Gasteiger partial charge in [0.2, 0.25) is 0 Å². The van der Waals surface area contributed by atoms with Crippen molar-refractivity contribution in [2.45, 2.75) is 71.9 Å². The van der Waals surface area contributed by atoms with Crippen LogP contribution in [0.15, 0.2) is 10.4 Å². The molecule has 1 aromatic rings. The van der Waals surface area contributed by atoms with Gasteiger partial charge in [0, 0.05) is 36.5 Å². The summed E-state index contributed by atoms with van der Waals surface area (Å²) < 4.78 is 0. The van der Waals surface area contributed by atoms with E-state index < -0.39 is 0 Å². The van der Waals surface area contributed by atoms with E-state index in [4.69, 9.17) is 9.98 Å². The van der Waals surface area contributed by atoms with Crippen molar-refractivity contribution in [1.29, 1.82) is 0 Å². The Morgan fingerprint density at radius 3 is 2.60 bits per heavy atom. The number of rotatable bonds is 6. The van der Waals surface area contributed by atoms with Gasteiger partial charge in [-0.05, 0) is 32.7 Å². The summed E-state index contributed by atoms with van der Waals surface area (Å²) in [4.78, 5) is 12.1. The molecule has 0 aliphatic carbocycles. The third kappa shape index (κ3) is 6.59. The highest BCUT2D eigenvalue weighted by Gasteiger charge is 2.20. The minimum atomic E-state index is 0.105. The molecule has 142 valence electrons. The summed E-state index contributed by atoms with van der Waals surface area (Å²) in [6.45, 7) is 16.1. The number of likely N-dealkylation sites (tertiary alicyclic amines) is 1. The van der Waals surface area contributed by atoms with Gasteiger partial charge in [-0.1, -0.05) is 27.7 Å². The van der Waals surface area contributed by atoms with Crippen molar-refractivity contribution in [1.82, 2.24) is 20.5 Å². The van der Waals surface area contributed by atoms with E-state index in [2.05, 4.69) is 55.5 Å². The molecular weight excluding hydrogens is 330 g/mol. The van der Waals surface area contributed by atoms with E-state index in [1.54, 1.807) is 11.3 Å². The molecule has 1 aliphatic rings. The highest BCUT2D eigenvalue weighted by Crippen LogP contribution is 2.24. The van der Waals surface area contributed by atoms with Crippen LogP contribution in [0.3, 0.4) is 0 Å². The first-order valence-electron chi connectivity index (χ1n) is 9.64. The van der Waals surface area contributed by atoms with Crippen LogP contribution in [0.4, 0.5) is 0 Å². The average Bonchev–Trinajstić information content (AvgIpc) is 3.04. The van der Waals surface area contributed by atoms with Crippen molar-refractivity contribution in [3.05, 3.63) is 16.1 Å². The van der Waals surface area contributed by atoms with Crippen LogP contribution in [0.5, 0.6) is 0 Å². The SMILES string of the molecule is CCCN1CCC(NC(=NCc2nc(C(C)(C)C)cs2)NCC)CC1. The zero-order valence-electron chi connectivity index (χ0n) is 16.6. The van der Waals surface area contributed by atoms with Gasteiger partial charge >= 0.3 is 0 Å². The van der Waals surface area contributed by atoms with E-state index >= 15 is 0 Å². The van der Waals surface area contributed by atoms with Gasteiger partial charge in [0.15, 0.2) is 5.96 Å². The van der Waals surface area contributed by atoms with Gasteiger partial charge in [-0.2, -0.15) is 0 Å². The first-order valence-corrected chi connectivity index (χ1v) is 10.5. The molecule has 5 nitrogen and oxygen atoms in total. The molecule has 1 aliphatic heterocycles.